The molecular formula is C22H24N2O5. The van der Waals surface area contributed by atoms with Gasteiger partial charge in [-0.25, -0.2) is 0 Å². The second kappa shape index (κ2) is 8.68. The Kier molecular flexibility index (Phi) is 6.07. The fourth-order valence-corrected chi connectivity index (χ4v) is 3.12. The molecule has 0 atom stereocenters. The average molecular weight is 396 g/mol. The summed E-state index contributed by atoms with van der Waals surface area (Å²) in [5, 5.41) is 0.890. The fourth-order valence-electron chi connectivity index (χ4n) is 3.12. The van der Waals surface area contributed by atoms with Crippen LogP contribution < -0.4 is 24.7 Å². The summed E-state index contributed by atoms with van der Waals surface area (Å²) < 4.78 is 15.7. The van der Waals surface area contributed by atoms with E-state index in [2.05, 4.69) is 4.98 Å². The van der Waals surface area contributed by atoms with Crippen LogP contribution in [0.1, 0.15) is 12.0 Å². The predicted octanol–water partition coefficient (Wildman–Crippen LogP) is 3.15. The Bertz CT molecular complexity index is 1090. The molecule has 0 aliphatic heterocycles. The van der Waals surface area contributed by atoms with E-state index in [4.69, 9.17) is 14.2 Å². The summed E-state index contributed by atoms with van der Waals surface area (Å²) in [4.78, 5) is 29.4. The Labute approximate surface area is 168 Å². The lowest BCUT2D eigenvalue weighted by Crippen LogP contribution is -2.27. The number of aromatic amines is 1. The molecule has 152 valence electrons. The van der Waals surface area contributed by atoms with Crippen LogP contribution in [0.25, 0.3) is 10.9 Å². The molecule has 0 fully saturated rings. The number of hydrogen-bond donors (Lipinski definition) is 1. The van der Waals surface area contributed by atoms with Crippen molar-refractivity contribution in [2.45, 2.75) is 12.8 Å². The second-order valence-corrected chi connectivity index (χ2v) is 6.57. The molecule has 0 unspecified atom stereocenters. The molecule has 0 aliphatic carbocycles. The Morgan fingerprint density at radius 1 is 0.966 bits per heavy atom. The number of aromatic nitrogens is 1. The van der Waals surface area contributed by atoms with E-state index < -0.39 is 0 Å². The van der Waals surface area contributed by atoms with Crippen LogP contribution >= 0.6 is 0 Å². The number of anilines is 1. The van der Waals surface area contributed by atoms with Crippen molar-refractivity contribution < 1.29 is 19.0 Å². The maximum Gasteiger partial charge on any atom is 0.251 e. The molecule has 3 aromatic rings. The van der Waals surface area contributed by atoms with Gasteiger partial charge >= 0.3 is 0 Å². The van der Waals surface area contributed by atoms with Crippen molar-refractivity contribution in [2.24, 2.45) is 0 Å². The molecule has 0 radical (unpaired) electrons. The summed E-state index contributed by atoms with van der Waals surface area (Å²) >= 11 is 0. The van der Waals surface area contributed by atoms with Crippen LogP contribution in [0.3, 0.4) is 0 Å². The number of aryl methyl sites for hydroxylation is 1. The third kappa shape index (κ3) is 4.34. The normalized spacial score (nSPS) is 10.6. The number of H-pyrrole nitrogens is 1. The summed E-state index contributed by atoms with van der Waals surface area (Å²) in [5.74, 6) is 1.71. The lowest BCUT2D eigenvalue weighted by molar-refractivity contribution is -0.118. The molecule has 3 rings (SSSR count). The maximum atomic E-state index is 12.7. The molecule has 1 heterocycles. The first-order chi connectivity index (χ1) is 14.0. The Hall–Kier alpha value is -3.48. The second-order valence-electron chi connectivity index (χ2n) is 6.57. The summed E-state index contributed by atoms with van der Waals surface area (Å²) in [7, 11) is 6.38. The number of fused-ring (bicyclic) bond motifs is 1. The van der Waals surface area contributed by atoms with Crippen molar-refractivity contribution in [1.29, 1.82) is 0 Å². The van der Waals surface area contributed by atoms with Gasteiger partial charge in [0.1, 0.15) is 5.75 Å². The van der Waals surface area contributed by atoms with Crippen LogP contribution in [0.2, 0.25) is 0 Å². The van der Waals surface area contributed by atoms with Gasteiger partial charge in [-0.3, -0.25) is 9.59 Å². The van der Waals surface area contributed by atoms with Crippen molar-refractivity contribution in [3.05, 3.63) is 58.4 Å². The zero-order valence-electron chi connectivity index (χ0n) is 16.9. The van der Waals surface area contributed by atoms with E-state index in [0.29, 0.717) is 40.4 Å². The number of carbonyl (C=O) groups is 1. The number of methoxy groups -OCH3 is 3. The number of pyridine rings is 1. The van der Waals surface area contributed by atoms with Crippen molar-refractivity contribution >= 4 is 22.5 Å². The third-order valence-electron chi connectivity index (χ3n) is 4.87. The van der Waals surface area contributed by atoms with E-state index in [1.54, 1.807) is 57.5 Å². The largest absolute Gasteiger partial charge is 0.497 e. The van der Waals surface area contributed by atoms with Gasteiger partial charge in [0.15, 0.2) is 11.5 Å². The minimum absolute atomic E-state index is 0.105. The monoisotopic (exact) mass is 396 g/mol. The number of benzene rings is 2. The molecular weight excluding hydrogens is 372 g/mol. The molecule has 0 bridgehead atoms. The summed E-state index contributed by atoms with van der Waals surface area (Å²) in [6.07, 6.45) is 0.545. The highest BCUT2D eigenvalue weighted by molar-refractivity contribution is 5.93. The van der Waals surface area contributed by atoms with Crippen molar-refractivity contribution in [1.82, 2.24) is 4.98 Å². The Morgan fingerprint density at radius 2 is 1.72 bits per heavy atom. The van der Waals surface area contributed by atoms with Crippen molar-refractivity contribution in [3.8, 4) is 17.2 Å². The summed E-state index contributed by atoms with van der Waals surface area (Å²) in [6, 6.07) is 12.6. The molecule has 1 amide bonds. The van der Waals surface area contributed by atoms with E-state index in [-0.39, 0.29) is 17.9 Å². The lowest BCUT2D eigenvalue weighted by atomic mass is 10.1. The molecule has 1 aromatic heterocycles. The van der Waals surface area contributed by atoms with Crippen molar-refractivity contribution in [2.75, 3.05) is 33.3 Å². The van der Waals surface area contributed by atoms with Crippen molar-refractivity contribution in [3.63, 3.8) is 0 Å². The van der Waals surface area contributed by atoms with Gasteiger partial charge in [-0.15, -0.1) is 0 Å². The molecule has 0 saturated heterocycles. The SMILES string of the molecule is COc1ccc2cc(CCC(=O)N(C)c3ccc(OC)c(OC)c3)c(=O)[nH]c2c1. The molecule has 1 N–H and O–H groups in total. The van der Waals surface area contributed by atoms with E-state index >= 15 is 0 Å². The first-order valence-corrected chi connectivity index (χ1v) is 9.15. The highest BCUT2D eigenvalue weighted by atomic mass is 16.5. The number of nitrogens with one attached hydrogen (secondary N) is 1. The molecule has 2 aromatic carbocycles. The lowest BCUT2D eigenvalue weighted by Gasteiger charge is -2.19. The number of rotatable bonds is 7. The average Bonchev–Trinajstić information content (AvgIpc) is 2.75. The van der Waals surface area contributed by atoms with E-state index in [1.807, 2.05) is 18.2 Å². The van der Waals surface area contributed by atoms with Gasteiger partial charge in [-0.05, 0) is 42.1 Å². The molecule has 0 saturated carbocycles. The number of hydrogen-bond acceptors (Lipinski definition) is 5. The van der Waals surface area contributed by atoms with Gasteiger partial charge in [0, 0.05) is 36.9 Å². The van der Waals surface area contributed by atoms with Crippen LogP contribution in [-0.2, 0) is 11.2 Å². The number of ether oxygens (including phenoxy) is 3. The smallest absolute Gasteiger partial charge is 0.251 e. The van der Waals surface area contributed by atoms with E-state index in [0.717, 1.165) is 5.39 Å². The maximum absolute atomic E-state index is 12.7. The van der Waals surface area contributed by atoms with E-state index in [1.165, 1.54) is 0 Å². The predicted molar refractivity (Wildman–Crippen MR) is 112 cm³/mol. The van der Waals surface area contributed by atoms with Crippen LogP contribution in [0.15, 0.2) is 47.3 Å². The minimum atomic E-state index is -0.202. The van der Waals surface area contributed by atoms with Gasteiger partial charge in [0.25, 0.3) is 5.56 Å². The van der Waals surface area contributed by atoms with Crippen LogP contribution in [0.5, 0.6) is 17.2 Å². The molecule has 7 heteroatoms. The number of amides is 1. The Balaban J connectivity index is 1.74. The van der Waals surface area contributed by atoms with Gasteiger partial charge in [-0.1, -0.05) is 0 Å². The van der Waals surface area contributed by atoms with Gasteiger partial charge in [0.05, 0.1) is 26.8 Å². The molecule has 0 aliphatic rings. The van der Waals surface area contributed by atoms with Gasteiger partial charge < -0.3 is 24.1 Å². The zero-order chi connectivity index (χ0) is 21.0. The Morgan fingerprint density at radius 3 is 2.41 bits per heavy atom. The minimum Gasteiger partial charge on any atom is -0.497 e. The quantitative estimate of drug-likeness (QED) is 0.664. The highest BCUT2D eigenvalue weighted by Crippen LogP contribution is 2.31. The van der Waals surface area contributed by atoms with Crippen LogP contribution in [-0.4, -0.2) is 39.3 Å². The molecule has 0 spiro atoms. The number of nitrogens with zero attached hydrogens (tertiary/aromatic N) is 1. The molecule has 7 nitrogen and oxygen atoms in total. The fraction of sp³-hybridized carbons (Fsp3) is 0.273. The first kappa shape index (κ1) is 20.3. The number of carbonyl (C=O) groups excluding carboxylic acids is 1. The van der Waals surface area contributed by atoms with Gasteiger partial charge in [0.2, 0.25) is 5.91 Å². The first-order valence-electron chi connectivity index (χ1n) is 9.15. The standard InChI is InChI=1S/C22H24N2O5/c1-24(16-7-9-19(28-3)20(12-16)29-4)21(25)10-6-15-11-14-5-8-17(27-2)13-18(14)23-22(15)26/h5,7-9,11-13H,6,10H2,1-4H3,(H,23,26). The summed E-state index contributed by atoms with van der Waals surface area (Å²) in [6.45, 7) is 0. The van der Waals surface area contributed by atoms with Crippen LogP contribution in [0.4, 0.5) is 5.69 Å². The molecule has 29 heavy (non-hydrogen) atoms. The summed E-state index contributed by atoms with van der Waals surface area (Å²) in [5.41, 5.74) is 1.75. The highest BCUT2D eigenvalue weighted by Gasteiger charge is 2.15. The van der Waals surface area contributed by atoms with Crippen LogP contribution in [0, 0.1) is 0 Å². The van der Waals surface area contributed by atoms with Gasteiger partial charge in [-0.2, -0.15) is 0 Å². The topological polar surface area (TPSA) is 80.9 Å². The van der Waals surface area contributed by atoms with E-state index in [9.17, 15) is 9.59 Å². The zero-order valence-corrected chi connectivity index (χ0v) is 16.9. The third-order valence-corrected chi connectivity index (χ3v) is 4.87.